The third-order valence-corrected chi connectivity index (χ3v) is 5.65. The lowest BCUT2D eigenvalue weighted by molar-refractivity contribution is 0.101. The first-order chi connectivity index (χ1) is 17.4. The van der Waals surface area contributed by atoms with Crippen molar-refractivity contribution in [2.24, 2.45) is 0 Å². The number of aliphatic hydroxyl groups is 1. The van der Waals surface area contributed by atoms with Gasteiger partial charge < -0.3 is 9.84 Å². The fourth-order valence-corrected chi connectivity index (χ4v) is 3.96. The molecule has 0 bridgehead atoms. The number of pyridine rings is 1. The topological polar surface area (TPSA) is 59.4 Å². The molecule has 0 saturated carbocycles. The van der Waals surface area contributed by atoms with Crippen LogP contribution in [0.25, 0.3) is 23.4 Å². The summed E-state index contributed by atoms with van der Waals surface area (Å²) in [6.07, 6.45) is 9.06. The Hall–Kier alpha value is -3.50. The largest absolute Gasteiger partial charge is 0.494 e. The molecule has 2 aromatic carbocycles. The minimum absolute atomic E-state index is 0.0711. The SMILES string of the molecule is C=Cc1c(/C=C\C)nc(-c2ccc(C)cc2)c(OC)c1C(C)=O.CCCc1ccccc1CC.CO. The first-order valence-electron chi connectivity index (χ1n) is 12.4. The summed E-state index contributed by atoms with van der Waals surface area (Å²) in [5.74, 6) is 0.419. The van der Waals surface area contributed by atoms with Gasteiger partial charge in [0.15, 0.2) is 11.5 Å². The fourth-order valence-electron chi connectivity index (χ4n) is 3.96. The number of hydrogen-bond acceptors (Lipinski definition) is 4. The van der Waals surface area contributed by atoms with Gasteiger partial charge in [0.1, 0.15) is 5.69 Å². The van der Waals surface area contributed by atoms with Crippen molar-refractivity contribution >= 4 is 17.9 Å². The van der Waals surface area contributed by atoms with Gasteiger partial charge in [0, 0.05) is 18.2 Å². The van der Waals surface area contributed by atoms with Crippen molar-refractivity contribution in [2.45, 2.75) is 53.9 Å². The van der Waals surface area contributed by atoms with Gasteiger partial charge in [0.2, 0.25) is 0 Å². The molecular weight excluding hydrogens is 446 g/mol. The number of benzene rings is 2. The molecule has 0 aliphatic heterocycles. The highest BCUT2D eigenvalue weighted by molar-refractivity contribution is 6.03. The Morgan fingerprint density at radius 2 is 1.67 bits per heavy atom. The molecule has 1 aromatic heterocycles. The molecule has 0 radical (unpaired) electrons. The summed E-state index contributed by atoms with van der Waals surface area (Å²) < 4.78 is 5.54. The highest BCUT2D eigenvalue weighted by Gasteiger charge is 2.21. The number of carbonyl (C=O) groups excluding carboxylic acids is 1. The summed E-state index contributed by atoms with van der Waals surface area (Å²) in [5.41, 5.74) is 7.70. The zero-order chi connectivity index (χ0) is 27.1. The van der Waals surface area contributed by atoms with Crippen molar-refractivity contribution < 1.29 is 14.6 Å². The normalized spacial score (nSPS) is 10.1. The van der Waals surface area contributed by atoms with Crippen molar-refractivity contribution in [1.82, 2.24) is 4.98 Å². The number of carbonyl (C=O) groups is 1. The van der Waals surface area contributed by atoms with Crippen molar-refractivity contribution in [3.8, 4) is 17.0 Å². The highest BCUT2D eigenvalue weighted by Crippen LogP contribution is 2.36. The zero-order valence-electron chi connectivity index (χ0n) is 22.9. The molecule has 0 spiro atoms. The quantitative estimate of drug-likeness (QED) is 0.330. The van der Waals surface area contributed by atoms with E-state index in [0.717, 1.165) is 24.7 Å². The minimum atomic E-state index is -0.0711. The average Bonchev–Trinajstić information content (AvgIpc) is 2.90. The number of ether oxygens (including phenoxy) is 1. The van der Waals surface area contributed by atoms with E-state index in [-0.39, 0.29) is 5.78 Å². The summed E-state index contributed by atoms with van der Waals surface area (Å²) in [5, 5.41) is 7.00. The van der Waals surface area contributed by atoms with Gasteiger partial charge >= 0.3 is 0 Å². The van der Waals surface area contributed by atoms with Crippen LogP contribution in [0, 0.1) is 6.92 Å². The molecule has 4 nitrogen and oxygen atoms in total. The van der Waals surface area contributed by atoms with Gasteiger partial charge in [0.05, 0.1) is 18.4 Å². The average molecular weight is 488 g/mol. The first-order valence-corrected chi connectivity index (χ1v) is 12.4. The van der Waals surface area contributed by atoms with Gasteiger partial charge in [-0.25, -0.2) is 4.98 Å². The van der Waals surface area contributed by atoms with Crippen LogP contribution in [0.5, 0.6) is 5.75 Å². The molecule has 0 aliphatic carbocycles. The summed E-state index contributed by atoms with van der Waals surface area (Å²) in [4.78, 5) is 16.9. The van der Waals surface area contributed by atoms with Crippen LogP contribution in [0.15, 0.2) is 61.2 Å². The molecule has 0 unspecified atom stereocenters. The lowest BCUT2D eigenvalue weighted by Gasteiger charge is -2.16. The van der Waals surface area contributed by atoms with E-state index in [4.69, 9.17) is 14.8 Å². The number of nitrogens with zero attached hydrogens (tertiary/aromatic N) is 1. The van der Waals surface area contributed by atoms with Gasteiger partial charge in [-0.1, -0.05) is 93.1 Å². The maximum atomic E-state index is 12.2. The van der Waals surface area contributed by atoms with Crippen LogP contribution in [0.3, 0.4) is 0 Å². The molecule has 1 N–H and O–H groups in total. The Bertz CT molecular complexity index is 1140. The van der Waals surface area contributed by atoms with E-state index < -0.39 is 0 Å². The van der Waals surface area contributed by atoms with Crippen molar-refractivity contribution in [3.63, 3.8) is 0 Å². The minimum Gasteiger partial charge on any atom is -0.494 e. The van der Waals surface area contributed by atoms with Crippen molar-refractivity contribution in [1.29, 1.82) is 0 Å². The third kappa shape index (κ3) is 8.03. The predicted molar refractivity (Wildman–Crippen MR) is 154 cm³/mol. The number of aryl methyl sites for hydroxylation is 3. The number of allylic oxidation sites excluding steroid dienone is 1. The predicted octanol–water partition coefficient (Wildman–Crippen LogP) is 7.75. The molecule has 0 aliphatic rings. The Labute approximate surface area is 217 Å². The van der Waals surface area contributed by atoms with Crippen LogP contribution in [-0.4, -0.2) is 30.1 Å². The molecule has 0 atom stereocenters. The molecule has 0 fully saturated rings. The van der Waals surface area contributed by atoms with Crippen LogP contribution in [-0.2, 0) is 12.8 Å². The first kappa shape index (κ1) is 30.5. The molecule has 36 heavy (non-hydrogen) atoms. The standard InChI is InChI=1S/C20H21NO2.C11H16.CH4O/c1-6-8-17-16(7-2)18(14(4)22)20(23-5)19(21-17)15-11-9-13(3)10-12-15;1-3-7-11-9-6-5-8-10(11)4-2;1-2/h6-12H,2H2,1,3-5H3;5-6,8-9H,3-4,7H2,1-2H3;2H,1H3/b8-6-;;. The lowest BCUT2D eigenvalue weighted by atomic mass is 9.97. The van der Waals surface area contributed by atoms with Gasteiger partial charge in [-0.15, -0.1) is 0 Å². The summed E-state index contributed by atoms with van der Waals surface area (Å²) in [6, 6.07) is 16.7. The maximum Gasteiger partial charge on any atom is 0.164 e. The zero-order valence-corrected chi connectivity index (χ0v) is 22.9. The Balaban J connectivity index is 0.000000417. The monoisotopic (exact) mass is 487 g/mol. The van der Waals surface area contributed by atoms with Gasteiger partial charge in [0.25, 0.3) is 0 Å². The number of methoxy groups -OCH3 is 1. The molecule has 0 saturated heterocycles. The van der Waals surface area contributed by atoms with Crippen LogP contribution < -0.4 is 4.74 Å². The smallest absolute Gasteiger partial charge is 0.164 e. The van der Waals surface area contributed by atoms with Crippen LogP contribution in [0.2, 0.25) is 0 Å². The molecule has 1 heterocycles. The van der Waals surface area contributed by atoms with Crippen LogP contribution in [0.4, 0.5) is 0 Å². The second-order valence-electron chi connectivity index (χ2n) is 8.17. The molecule has 4 heteroatoms. The third-order valence-electron chi connectivity index (χ3n) is 5.65. The van der Waals surface area contributed by atoms with E-state index in [1.165, 1.54) is 30.9 Å². The second-order valence-corrected chi connectivity index (χ2v) is 8.17. The fraction of sp³-hybridized carbons (Fsp3) is 0.312. The Morgan fingerprint density at radius 1 is 1.06 bits per heavy atom. The number of aromatic nitrogens is 1. The van der Waals surface area contributed by atoms with Gasteiger partial charge in [-0.2, -0.15) is 0 Å². The van der Waals surface area contributed by atoms with E-state index in [1.54, 1.807) is 13.2 Å². The van der Waals surface area contributed by atoms with Crippen molar-refractivity contribution in [3.05, 3.63) is 94.7 Å². The summed E-state index contributed by atoms with van der Waals surface area (Å²) in [7, 11) is 2.56. The molecule has 3 aromatic rings. The lowest BCUT2D eigenvalue weighted by Crippen LogP contribution is -2.07. The van der Waals surface area contributed by atoms with E-state index in [0.29, 0.717) is 28.3 Å². The number of aliphatic hydroxyl groups excluding tert-OH is 1. The van der Waals surface area contributed by atoms with E-state index >= 15 is 0 Å². The molecule has 0 amide bonds. The second kappa shape index (κ2) is 16.2. The van der Waals surface area contributed by atoms with E-state index in [1.807, 2.05) is 50.3 Å². The van der Waals surface area contributed by atoms with Crippen molar-refractivity contribution in [2.75, 3.05) is 14.2 Å². The Morgan fingerprint density at radius 3 is 2.14 bits per heavy atom. The number of ketones is 1. The number of hydrogen-bond donors (Lipinski definition) is 1. The number of rotatable bonds is 8. The molecule has 192 valence electrons. The van der Waals surface area contributed by atoms with Crippen LogP contribution in [0.1, 0.15) is 72.4 Å². The summed E-state index contributed by atoms with van der Waals surface area (Å²) in [6.45, 7) is 13.7. The van der Waals surface area contributed by atoms with E-state index in [2.05, 4.69) is 44.7 Å². The van der Waals surface area contributed by atoms with Gasteiger partial charge in [-0.3, -0.25) is 4.79 Å². The Kier molecular flexibility index (Phi) is 13.8. The number of Topliss-reactive ketones (excluding diaryl/α,β-unsaturated/α-hetero) is 1. The summed E-state index contributed by atoms with van der Waals surface area (Å²) >= 11 is 0. The van der Waals surface area contributed by atoms with Gasteiger partial charge in [-0.05, 0) is 50.8 Å². The van der Waals surface area contributed by atoms with E-state index in [9.17, 15) is 4.79 Å². The molecular formula is C32H41NO3. The van der Waals surface area contributed by atoms with Crippen LogP contribution >= 0.6 is 0 Å². The highest BCUT2D eigenvalue weighted by atomic mass is 16.5. The molecule has 3 rings (SSSR count). The maximum absolute atomic E-state index is 12.2.